The number of piperidine rings is 1. The van der Waals surface area contributed by atoms with Crippen molar-refractivity contribution < 1.29 is 19.1 Å². The number of furan rings is 1. The zero-order valence-electron chi connectivity index (χ0n) is 11.4. The summed E-state index contributed by atoms with van der Waals surface area (Å²) in [5.41, 5.74) is 0.600. The molecule has 0 aromatic carbocycles. The monoisotopic (exact) mass is 280 g/mol. The highest BCUT2D eigenvalue weighted by Crippen LogP contribution is 2.11. The number of aromatic carboxylic acids is 1. The molecule has 6 nitrogen and oxygen atoms in total. The molecule has 1 aromatic heterocycles. The average molecular weight is 280 g/mol. The van der Waals surface area contributed by atoms with Gasteiger partial charge in [0.2, 0.25) is 11.7 Å². The van der Waals surface area contributed by atoms with Crippen LogP contribution in [0, 0.1) is 0 Å². The molecule has 6 heteroatoms. The molecule has 2 N–H and O–H groups in total. The minimum atomic E-state index is -1.07. The number of carbonyl (C=O) groups is 2. The van der Waals surface area contributed by atoms with E-state index in [1.54, 1.807) is 6.07 Å². The van der Waals surface area contributed by atoms with Crippen molar-refractivity contribution in [2.24, 2.45) is 0 Å². The number of carboxylic acid groups (broad SMARTS) is 1. The van der Waals surface area contributed by atoms with Gasteiger partial charge in [-0.2, -0.15) is 0 Å². The highest BCUT2D eigenvalue weighted by molar-refractivity contribution is 5.86. The lowest BCUT2D eigenvalue weighted by Crippen LogP contribution is -2.37. The number of hydrogen-bond acceptors (Lipinski definition) is 4. The van der Waals surface area contributed by atoms with E-state index in [9.17, 15) is 9.59 Å². The molecular weight excluding hydrogens is 260 g/mol. The molecule has 1 aliphatic heterocycles. The Morgan fingerprint density at radius 3 is 2.75 bits per heavy atom. The number of likely N-dealkylation sites (tertiary alicyclic amines) is 1. The van der Waals surface area contributed by atoms with Gasteiger partial charge in [-0.25, -0.2) is 4.79 Å². The fourth-order valence-corrected chi connectivity index (χ4v) is 2.38. The van der Waals surface area contributed by atoms with Gasteiger partial charge in [-0.3, -0.25) is 4.79 Å². The Balaban J connectivity index is 1.69. The quantitative estimate of drug-likeness (QED) is 0.771. The van der Waals surface area contributed by atoms with Gasteiger partial charge in [0.25, 0.3) is 0 Å². The summed E-state index contributed by atoms with van der Waals surface area (Å²) in [5.74, 6) is -0.945. The third kappa shape index (κ3) is 3.84. The largest absolute Gasteiger partial charge is 0.475 e. The van der Waals surface area contributed by atoms with E-state index in [0.29, 0.717) is 25.1 Å². The van der Waals surface area contributed by atoms with Crippen LogP contribution in [0.1, 0.15) is 41.8 Å². The minimum Gasteiger partial charge on any atom is -0.475 e. The number of nitrogens with one attached hydrogen (secondary N) is 1. The Morgan fingerprint density at radius 1 is 1.30 bits per heavy atom. The van der Waals surface area contributed by atoms with Crippen LogP contribution in [-0.2, 0) is 11.3 Å². The number of nitrogens with zero attached hydrogens (tertiary/aromatic N) is 1. The normalized spacial score (nSPS) is 15.3. The highest BCUT2D eigenvalue weighted by Gasteiger charge is 2.16. The first-order chi connectivity index (χ1) is 9.68. The molecule has 0 unspecified atom stereocenters. The van der Waals surface area contributed by atoms with Crippen molar-refractivity contribution in [1.82, 2.24) is 10.2 Å². The molecule has 2 rings (SSSR count). The van der Waals surface area contributed by atoms with E-state index in [1.807, 2.05) is 4.90 Å². The fraction of sp³-hybridized carbons (Fsp3) is 0.571. The van der Waals surface area contributed by atoms with E-state index in [1.165, 1.54) is 12.7 Å². The van der Waals surface area contributed by atoms with Crippen LogP contribution in [0.2, 0.25) is 0 Å². The highest BCUT2D eigenvalue weighted by atomic mass is 16.4. The second-order valence-electron chi connectivity index (χ2n) is 4.95. The molecule has 1 saturated heterocycles. The average Bonchev–Trinajstić information content (AvgIpc) is 2.93. The second kappa shape index (κ2) is 7.09. The molecule has 0 atom stereocenters. The van der Waals surface area contributed by atoms with Crippen molar-refractivity contribution in [2.45, 2.75) is 32.2 Å². The van der Waals surface area contributed by atoms with Crippen molar-refractivity contribution in [1.29, 1.82) is 0 Å². The molecule has 1 fully saturated rings. The van der Waals surface area contributed by atoms with Gasteiger partial charge in [0.15, 0.2) is 0 Å². The Bertz CT molecular complexity index is 463. The van der Waals surface area contributed by atoms with Crippen molar-refractivity contribution in [2.75, 3.05) is 19.6 Å². The van der Waals surface area contributed by atoms with Crippen LogP contribution in [-0.4, -0.2) is 41.5 Å². The maximum absolute atomic E-state index is 11.9. The van der Waals surface area contributed by atoms with E-state index in [4.69, 9.17) is 9.52 Å². The third-order valence-corrected chi connectivity index (χ3v) is 3.48. The van der Waals surface area contributed by atoms with Crippen molar-refractivity contribution in [3.05, 3.63) is 23.7 Å². The van der Waals surface area contributed by atoms with Gasteiger partial charge in [-0.15, -0.1) is 0 Å². The van der Waals surface area contributed by atoms with Gasteiger partial charge in [0, 0.05) is 38.2 Å². The van der Waals surface area contributed by atoms with Gasteiger partial charge in [0.1, 0.15) is 0 Å². The molecular formula is C14H20N2O4. The second-order valence-corrected chi connectivity index (χ2v) is 4.95. The molecule has 0 saturated carbocycles. The summed E-state index contributed by atoms with van der Waals surface area (Å²) in [6, 6.07) is 1.63. The van der Waals surface area contributed by atoms with Crippen LogP contribution in [0.4, 0.5) is 0 Å². The maximum Gasteiger partial charge on any atom is 0.372 e. The summed E-state index contributed by atoms with van der Waals surface area (Å²) in [6.07, 6.45) is 5.20. The summed E-state index contributed by atoms with van der Waals surface area (Å²) in [5, 5.41) is 12.0. The molecule has 20 heavy (non-hydrogen) atoms. The zero-order chi connectivity index (χ0) is 14.4. The van der Waals surface area contributed by atoms with E-state index < -0.39 is 5.97 Å². The Labute approximate surface area is 117 Å². The van der Waals surface area contributed by atoms with E-state index >= 15 is 0 Å². The summed E-state index contributed by atoms with van der Waals surface area (Å²) in [6.45, 7) is 2.67. The van der Waals surface area contributed by atoms with Crippen molar-refractivity contribution in [3.8, 4) is 0 Å². The van der Waals surface area contributed by atoms with E-state index in [-0.39, 0.29) is 11.7 Å². The van der Waals surface area contributed by atoms with E-state index in [0.717, 1.165) is 25.9 Å². The van der Waals surface area contributed by atoms with Gasteiger partial charge in [-0.05, 0) is 25.3 Å². The molecule has 1 amide bonds. The predicted molar refractivity (Wildman–Crippen MR) is 72.4 cm³/mol. The maximum atomic E-state index is 11.9. The predicted octanol–water partition coefficient (Wildman–Crippen LogP) is 1.47. The molecule has 1 aromatic rings. The lowest BCUT2D eigenvalue weighted by atomic mass is 10.1. The Hall–Kier alpha value is -1.82. The lowest BCUT2D eigenvalue weighted by Gasteiger charge is -2.26. The molecule has 2 heterocycles. The number of rotatable bonds is 6. The number of hydrogen-bond donors (Lipinski definition) is 2. The first-order valence-electron chi connectivity index (χ1n) is 6.96. The van der Waals surface area contributed by atoms with E-state index in [2.05, 4.69) is 5.32 Å². The fourth-order valence-electron chi connectivity index (χ4n) is 2.38. The molecule has 0 aliphatic carbocycles. The van der Waals surface area contributed by atoms with Gasteiger partial charge in [0.05, 0.1) is 6.26 Å². The first kappa shape index (κ1) is 14.6. The molecule has 0 spiro atoms. The lowest BCUT2D eigenvalue weighted by molar-refractivity contribution is -0.131. The van der Waals surface area contributed by atoms with Crippen LogP contribution in [0.25, 0.3) is 0 Å². The van der Waals surface area contributed by atoms with Gasteiger partial charge in [-0.1, -0.05) is 0 Å². The number of amides is 1. The molecule has 1 aliphatic rings. The molecule has 110 valence electrons. The first-order valence-corrected chi connectivity index (χ1v) is 6.96. The van der Waals surface area contributed by atoms with Crippen LogP contribution < -0.4 is 5.32 Å². The molecule has 0 bridgehead atoms. The van der Waals surface area contributed by atoms with Gasteiger partial charge >= 0.3 is 5.97 Å². The Morgan fingerprint density at radius 2 is 2.05 bits per heavy atom. The summed E-state index contributed by atoms with van der Waals surface area (Å²) in [7, 11) is 0. The summed E-state index contributed by atoms with van der Waals surface area (Å²) < 4.78 is 4.88. The third-order valence-electron chi connectivity index (χ3n) is 3.48. The Kier molecular flexibility index (Phi) is 5.17. The summed E-state index contributed by atoms with van der Waals surface area (Å²) in [4.78, 5) is 24.7. The topological polar surface area (TPSA) is 82.8 Å². The number of carbonyl (C=O) groups excluding carboxylic acids is 1. The van der Waals surface area contributed by atoms with Crippen molar-refractivity contribution in [3.63, 3.8) is 0 Å². The van der Waals surface area contributed by atoms with Crippen molar-refractivity contribution >= 4 is 11.9 Å². The smallest absolute Gasteiger partial charge is 0.372 e. The SMILES string of the molecule is O=C(O)c1occc1CNCCC(=O)N1CCCCC1. The van der Waals surface area contributed by atoms with Crippen LogP contribution in [0.15, 0.2) is 16.7 Å². The van der Waals surface area contributed by atoms with Crippen LogP contribution in [0.5, 0.6) is 0 Å². The molecule has 0 radical (unpaired) electrons. The number of carboxylic acids is 1. The van der Waals surface area contributed by atoms with Gasteiger partial charge < -0.3 is 19.7 Å². The standard InChI is InChI=1S/C14H20N2O4/c17-12(16-7-2-1-3-8-16)4-6-15-10-11-5-9-20-13(11)14(18)19/h5,9,15H,1-4,6-8,10H2,(H,18,19). The summed E-state index contributed by atoms with van der Waals surface area (Å²) >= 11 is 0. The zero-order valence-corrected chi connectivity index (χ0v) is 11.4. The van der Waals surface area contributed by atoms with Crippen LogP contribution in [0.3, 0.4) is 0 Å². The van der Waals surface area contributed by atoms with Crippen LogP contribution >= 0.6 is 0 Å². The minimum absolute atomic E-state index is 0.0418.